The van der Waals surface area contributed by atoms with Gasteiger partial charge in [0.05, 0.1) is 13.2 Å². The van der Waals surface area contributed by atoms with Crippen molar-refractivity contribution in [3.63, 3.8) is 0 Å². The van der Waals surface area contributed by atoms with E-state index in [4.69, 9.17) is 4.74 Å². The molecule has 0 amide bonds. The van der Waals surface area contributed by atoms with E-state index in [1.165, 1.54) is 27.1 Å². The molecule has 0 fully saturated rings. The summed E-state index contributed by atoms with van der Waals surface area (Å²) >= 11 is 1.76. The number of methoxy groups -OCH3 is 1. The molecule has 2 rings (SSSR count). The largest absolute Gasteiger partial charge is 0.496 e. The van der Waals surface area contributed by atoms with Crippen LogP contribution in [0.1, 0.15) is 46.5 Å². The van der Waals surface area contributed by atoms with Gasteiger partial charge in [0.2, 0.25) is 0 Å². The van der Waals surface area contributed by atoms with Crippen molar-refractivity contribution in [2.24, 2.45) is 0 Å². The van der Waals surface area contributed by atoms with Crippen LogP contribution >= 0.6 is 11.3 Å². The second-order valence-corrected chi connectivity index (χ2v) is 6.53. The van der Waals surface area contributed by atoms with Gasteiger partial charge in [-0.2, -0.15) is 0 Å². The molecule has 0 aliphatic carbocycles. The Morgan fingerprint density at radius 3 is 2.33 bits per heavy atom. The third-order valence-electron chi connectivity index (χ3n) is 3.74. The first kappa shape index (κ1) is 16.1. The Bertz CT molecular complexity index is 580. The molecule has 0 aliphatic rings. The van der Waals surface area contributed by atoms with E-state index in [1.807, 2.05) is 0 Å². The van der Waals surface area contributed by atoms with Crippen LogP contribution in [0.4, 0.5) is 0 Å². The SMILES string of the molecule is CCCNC(c1cc(OC)cs1)c1c(C)cc(C)cc1C. The van der Waals surface area contributed by atoms with Crippen LogP contribution in [0.3, 0.4) is 0 Å². The molecule has 2 aromatic rings. The van der Waals surface area contributed by atoms with E-state index in [0.717, 1.165) is 18.7 Å². The Morgan fingerprint density at radius 1 is 1.14 bits per heavy atom. The average molecular weight is 303 g/mol. The first-order valence-corrected chi connectivity index (χ1v) is 8.38. The summed E-state index contributed by atoms with van der Waals surface area (Å²) in [6.07, 6.45) is 1.13. The van der Waals surface area contributed by atoms with Crippen molar-refractivity contribution in [3.8, 4) is 5.75 Å². The number of ether oxygens (including phenoxy) is 1. The third-order valence-corrected chi connectivity index (χ3v) is 4.72. The van der Waals surface area contributed by atoms with Crippen molar-refractivity contribution in [2.45, 2.75) is 40.2 Å². The second-order valence-electron chi connectivity index (χ2n) is 5.59. The van der Waals surface area contributed by atoms with Crippen molar-refractivity contribution in [2.75, 3.05) is 13.7 Å². The highest BCUT2D eigenvalue weighted by Gasteiger charge is 2.20. The highest BCUT2D eigenvalue weighted by atomic mass is 32.1. The van der Waals surface area contributed by atoms with Gasteiger partial charge >= 0.3 is 0 Å². The van der Waals surface area contributed by atoms with Gasteiger partial charge in [-0.3, -0.25) is 0 Å². The normalized spacial score (nSPS) is 12.4. The minimum absolute atomic E-state index is 0.249. The molecule has 0 radical (unpaired) electrons. The standard InChI is InChI=1S/C18H25NOS/c1-6-7-19-18(16-10-15(20-5)11-21-16)17-13(3)8-12(2)9-14(17)4/h8-11,18-19H,6-7H2,1-5H3. The lowest BCUT2D eigenvalue weighted by atomic mass is 9.93. The Kier molecular flexibility index (Phi) is 5.43. The van der Waals surface area contributed by atoms with Gasteiger partial charge in [-0.15, -0.1) is 11.3 Å². The first-order chi connectivity index (χ1) is 10.1. The van der Waals surface area contributed by atoms with Crippen LogP contribution in [0.2, 0.25) is 0 Å². The van der Waals surface area contributed by atoms with Gasteiger partial charge in [0, 0.05) is 10.3 Å². The number of thiophene rings is 1. The molecule has 1 aromatic heterocycles. The predicted molar refractivity (Wildman–Crippen MR) is 91.7 cm³/mol. The fraction of sp³-hybridized carbons (Fsp3) is 0.444. The van der Waals surface area contributed by atoms with Crippen molar-refractivity contribution in [3.05, 3.63) is 50.7 Å². The molecule has 0 bridgehead atoms. The molecule has 1 atom stereocenters. The Hall–Kier alpha value is -1.32. The monoisotopic (exact) mass is 303 g/mol. The number of aryl methyl sites for hydroxylation is 3. The molecule has 21 heavy (non-hydrogen) atoms. The lowest BCUT2D eigenvalue weighted by Gasteiger charge is -2.22. The summed E-state index contributed by atoms with van der Waals surface area (Å²) in [5, 5.41) is 5.77. The molecule has 0 spiro atoms. The molecule has 1 N–H and O–H groups in total. The topological polar surface area (TPSA) is 21.3 Å². The van der Waals surface area contributed by atoms with Crippen molar-refractivity contribution < 1.29 is 4.74 Å². The van der Waals surface area contributed by atoms with E-state index in [-0.39, 0.29) is 6.04 Å². The van der Waals surface area contributed by atoms with Gasteiger partial charge in [-0.25, -0.2) is 0 Å². The lowest BCUT2D eigenvalue weighted by molar-refractivity contribution is 0.416. The average Bonchev–Trinajstić information content (AvgIpc) is 2.90. The Morgan fingerprint density at radius 2 is 1.81 bits per heavy atom. The molecule has 0 saturated heterocycles. The number of benzene rings is 1. The summed E-state index contributed by atoms with van der Waals surface area (Å²) < 4.78 is 5.35. The van der Waals surface area contributed by atoms with Crippen LogP contribution in [0.25, 0.3) is 0 Å². The molecular formula is C18H25NOS. The minimum Gasteiger partial charge on any atom is -0.496 e. The molecular weight excluding hydrogens is 278 g/mol. The molecule has 0 aliphatic heterocycles. The first-order valence-electron chi connectivity index (χ1n) is 7.50. The molecule has 0 saturated carbocycles. The summed E-state index contributed by atoms with van der Waals surface area (Å²) in [5.41, 5.74) is 5.44. The number of hydrogen-bond donors (Lipinski definition) is 1. The van der Waals surface area contributed by atoms with Crippen LogP contribution in [-0.4, -0.2) is 13.7 Å². The van der Waals surface area contributed by atoms with Gasteiger partial charge in [0.25, 0.3) is 0 Å². The highest BCUT2D eigenvalue weighted by Crippen LogP contribution is 2.34. The summed E-state index contributed by atoms with van der Waals surface area (Å²) in [7, 11) is 1.72. The van der Waals surface area contributed by atoms with Crippen LogP contribution in [-0.2, 0) is 0 Å². The third kappa shape index (κ3) is 3.66. The van der Waals surface area contributed by atoms with Gasteiger partial charge < -0.3 is 10.1 Å². The zero-order valence-corrected chi connectivity index (χ0v) is 14.4. The highest BCUT2D eigenvalue weighted by molar-refractivity contribution is 7.10. The summed E-state index contributed by atoms with van der Waals surface area (Å²) in [5.74, 6) is 0.945. The van der Waals surface area contributed by atoms with E-state index in [0.29, 0.717) is 0 Å². The second kappa shape index (κ2) is 7.10. The minimum atomic E-state index is 0.249. The Balaban J connectivity index is 2.45. The lowest BCUT2D eigenvalue weighted by Crippen LogP contribution is -2.24. The zero-order valence-electron chi connectivity index (χ0n) is 13.6. The van der Waals surface area contributed by atoms with Crippen molar-refractivity contribution in [1.82, 2.24) is 5.32 Å². The molecule has 1 aromatic carbocycles. The van der Waals surface area contributed by atoms with Gasteiger partial charge in [-0.05, 0) is 56.5 Å². The van der Waals surface area contributed by atoms with Crippen molar-refractivity contribution >= 4 is 11.3 Å². The number of nitrogens with one attached hydrogen (secondary N) is 1. The quantitative estimate of drug-likeness (QED) is 0.830. The van der Waals surface area contributed by atoms with Gasteiger partial charge in [0.1, 0.15) is 5.75 Å². The molecule has 1 heterocycles. The van der Waals surface area contributed by atoms with Gasteiger partial charge in [0.15, 0.2) is 0 Å². The predicted octanol–water partition coefficient (Wildman–Crippen LogP) is 4.77. The molecule has 114 valence electrons. The van der Waals surface area contributed by atoms with Crippen LogP contribution in [0, 0.1) is 20.8 Å². The Labute approximate surface area is 132 Å². The maximum absolute atomic E-state index is 5.35. The van der Waals surface area contributed by atoms with Crippen LogP contribution in [0.15, 0.2) is 23.6 Å². The van der Waals surface area contributed by atoms with E-state index >= 15 is 0 Å². The van der Waals surface area contributed by atoms with Crippen LogP contribution in [0.5, 0.6) is 5.75 Å². The summed E-state index contributed by atoms with van der Waals surface area (Å²) in [6, 6.07) is 6.94. The fourth-order valence-electron chi connectivity index (χ4n) is 2.87. The van der Waals surface area contributed by atoms with E-state index in [2.05, 4.69) is 56.6 Å². The maximum atomic E-state index is 5.35. The zero-order chi connectivity index (χ0) is 15.4. The molecule has 2 nitrogen and oxygen atoms in total. The van der Waals surface area contributed by atoms with E-state index in [9.17, 15) is 0 Å². The smallest absolute Gasteiger partial charge is 0.129 e. The summed E-state index contributed by atoms with van der Waals surface area (Å²) in [6.45, 7) is 9.79. The molecule has 3 heteroatoms. The summed E-state index contributed by atoms with van der Waals surface area (Å²) in [4.78, 5) is 1.32. The van der Waals surface area contributed by atoms with E-state index < -0.39 is 0 Å². The van der Waals surface area contributed by atoms with Crippen molar-refractivity contribution in [1.29, 1.82) is 0 Å². The number of rotatable bonds is 6. The van der Waals surface area contributed by atoms with Crippen LogP contribution < -0.4 is 10.1 Å². The van der Waals surface area contributed by atoms with E-state index in [1.54, 1.807) is 18.4 Å². The fourth-order valence-corrected chi connectivity index (χ4v) is 3.81. The molecule has 1 unspecified atom stereocenters. The van der Waals surface area contributed by atoms with Gasteiger partial charge in [-0.1, -0.05) is 24.6 Å². The maximum Gasteiger partial charge on any atom is 0.129 e. The number of hydrogen-bond acceptors (Lipinski definition) is 3.